The van der Waals surface area contributed by atoms with E-state index in [2.05, 4.69) is 0 Å². The molecule has 2 heteroatoms. The van der Waals surface area contributed by atoms with Crippen LogP contribution < -0.4 is 5.73 Å². The van der Waals surface area contributed by atoms with Gasteiger partial charge in [-0.2, -0.15) is 0 Å². The van der Waals surface area contributed by atoms with E-state index in [1.807, 2.05) is 12.2 Å². The molecule has 0 saturated heterocycles. The Bertz CT molecular complexity index is 111. The minimum Gasteiger partial charge on any atom is -0.389 e. The van der Waals surface area contributed by atoms with E-state index in [4.69, 9.17) is 10.8 Å². The smallest absolute Gasteiger partial charge is 0.0721 e. The molecule has 0 heterocycles. The zero-order chi connectivity index (χ0) is 6.69. The molecule has 52 valence electrons. The highest BCUT2D eigenvalue weighted by molar-refractivity contribution is 4.94. The summed E-state index contributed by atoms with van der Waals surface area (Å²) in [5.74, 6) is 0. The fraction of sp³-hybridized carbons (Fsp3) is 0.714. The molecule has 0 fully saturated rings. The molecule has 0 amide bonds. The largest absolute Gasteiger partial charge is 0.389 e. The number of rotatable bonds is 0. The van der Waals surface area contributed by atoms with Crippen LogP contribution in [-0.2, 0) is 0 Å². The number of aliphatic hydroxyl groups excluding tert-OH is 1. The summed E-state index contributed by atoms with van der Waals surface area (Å²) in [6, 6.07) is 0.262. The fourth-order valence-corrected chi connectivity index (χ4v) is 1.01. The van der Waals surface area contributed by atoms with Crippen LogP contribution >= 0.6 is 0 Å². The molecule has 3 N–H and O–H groups in total. The highest BCUT2D eigenvalue weighted by Crippen LogP contribution is 2.09. The van der Waals surface area contributed by atoms with E-state index in [-0.39, 0.29) is 12.1 Å². The number of hydrogen-bond acceptors (Lipinski definition) is 2. The highest BCUT2D eigenvalue weighted by atomic mass is 16.3. The van der Waals surface area contributed by atoms with E-state index in [1.165, 1.54) is 0 Å². The Labute approximate surface area is 55.4 Å². The zero-order valence-corrected chi connectivity index (χ0v) is 5.46. The summed E-state index contributed by atoms with van der Waals surface area (Å²) < 4.78 is 0. The molecule has 2 unspecified atom stereocenters. The third kappa shape index (κ3) is 2.16. The summed E-state index contributed by atoms with van der Waals surface area (Å²) in [6.45, 7) is 0. The Morgan fingerprint density at radius 3 is 3.00 bits per heavy atom. The van der Waals surface area contributed by atoms with Crippen molar-refractivity contribution >= 4 is 0 Å². The number of nitrogens with two attached hydrogens (primary N) is 1. The Morgan fingerprint density at radius 1 is 1.44 bits per heavy atom. The Balaban J connectivity index is 2.39. The summed E-state index contributed by atoms with van der Waals surface area (Å²) in [6.07, 6.45) is 6.21. The maximum atomic E-state index is 9.06. The summed E-state index contributed by atoms with van der Waals surface area (Å²) in [5, 5.41) is 9.06. The monoisotopic (exact) mass is 127 g/mol. The third-order valence-corrected chi connectivity index (χ3v) is 1.63. The van der Waals surface area contributed by atoms with E-state index in [0.717, 1.165) is 19.3 Å². The highest BCUT2D eigenvalue weighted by Gasteiger charge is 2.07. The first kappa shape index (κ1) is 6.78. The van der Waals surface area contributed by atoms with Gasteiger partial charge < -0.3 is 10.8 Å². The van der Waals surface area contributed by atoms with Crippen molar-refractivity contribution in [2.75, 3.05) is 0 Å². The first-order valence-electron chi connectivity index (χ1n) is 3.39. The molecule has 0 aromatic carbocycles. The predicted molar refractivity (Wildman–Crippen MR) is 37.0 cm³/mol. The molecular formula is C7H13NO. The van der Waals surface area contributed by atoms with Gasteiger partial charge in [0.05, 0.1) is 6.10 Å². The molecule has 9 heavy (non-hydrogen) atoms. The molecule has 1 rings (SSSR count). The average Bonchev–Trinajstić information content (AvgIpc) is 1.97. The van der Waals surface area contributed by atoms with Crippen molar-refractivity contribution in [2.45, 2.75) is 31.4 Å². The quantitative estimate of drug-likeness (QED) is 0.463. The molecule has 2 nitrogen and oxygen atoms in total. The second-order valence-electron chi connectivity index (χ2n) is 2.57. The SMILES string of the molecule is NC1CC=CC(O)CC1. The first-order chi connectivity index (χ1) is 4.29. The average molecular weight is 127 g/mol. The van der Waals surface area contributed by atoms with Gasteiger partial charge >= 0.3 is 0 Å². The molecule has 0 radical (unpaired) electrons. The molecule has 1 aliphatic carbocycles. The van der Waals surface area contributed by atoms with Gasteiger partial charge in [0.25, 0.3) is 0 Å². The van der Waals surface area contributed by atoms with Gasteiger partial charge in [-0.25, -0.2) is 0 Å². The topological polar surface area (TPSA) is 46.2 Å². The Kier molecular flexibility index (Phi) is 2.25. The maximum absolute atomic E-state index is 9.06. The Hall–Kier alpha value is -0.340. The van der Waals surface area contributed by atoms with Crippen LogP contribution in [0.15, 0.2) is 12.2 Å². The van der Waals surface area contributed by atoms with Crippen LogP contribution in [0.2, 0.25) is 0 Å². The lowest BCUT2D eigenvalue weighted by Crippen LogP contribution is -2.18. The summed E-state index contributed by atoms with van der Waals surface area (Å²) in [7, 11) is 0. The lowest BCUT2D eigenvalue weighted by molar-refractivity contribution is 0.209. The van der Waals surface area contributed by atoms with E-state index >= 15 is 0 Å². The van der Waals surface area contributed by atoms with Crippen molar-refractivity contribution in [3.8, 4) is 0 Å². The van der Waals surface area contributed by atoms with Crippen molar-refractivity contribution in [2.24, 2.45) is 5.73 Å². The van der Waals surface area contributed by atoms with Crippen molar-refractivity contribution in [1.29, 1.82) is 0 Å². The molecule has 0 aromatic rings. The van der Waals surface area contributed by atoms with E-state index in [0.29, 0.717) is 0 Å². The molecule has 2 atom stereocenters. The molecule has 0 aromatic heterocycles. The normalized spacial score (nSPS) is 36.2. The molecule has 1 aliphatic rings. The van der Waals surface area contributed by atoms with Crippen LogP contribution in [0.5, 0.6) is 0 Å². The van der Waals surface area contributed by atoms with Crippen molar-refractivity contribution in [3.63, 3.8) is 0 Å². The predicted octanol–water partition coefficient (Wildman–Crippen LogP) is 0.415. The number of aliphatic hydroxyl groups is 1. The number of hydrogen-bond donors (Lipinski definition) is 2. The zero-order valence-electron chi connectivity index (χ0n) is 5.46. The first-order valence-corrected chi connectivity index (χ1v) is 3.39. The van der Waals surface area contributed by atoms with Gasteiger partial charge in [0.1, 0.15) is 0 Å². The minimum atomic E-state index is -0.251. The van der Waals surface area contributed by atoms with Crippen LogP contribution in [-0.4, -0.2) is 17.3 Å². The van der Waals surface area contributed by atoms with Crippen molar-refractivity contribution in [1.82, 2.24) is 0 Å². The van der Waals surface area contributed by atoms with Gasteiger partial charge in [0.15, 0.2) is 0 Å². The third-order valence-electron chi connectivity index (χ3n) is 1.63. The molecule has 0 saturated carbocycles. The molecule has 0 bridgehead atoms. The van der Waals surface area contributed by atoms with Gasteiger partial charge in [0.2, 0.25) is 0 Å². The van der Waals surface area contributed by atoms with Gasteiger partial charge in [-0.15, -0.1) is 0 Å². The second-order valence-corrected chi connectivity index (χ2v) is 2.57. The van der Waals surface area contributed by atoms with E-state index in [1.54, 1.807) is 0 Å². The van der Waals surface area contributed by atoms with Crippen LogP contribution in [0.3, 0.4) is 0 Å². The maximum Gasteiger partial charge on any atom is 0.0721 e. The summed E-state index contributed by atoms with van der Waals surface area (Å²) >= 11 is 0. The lowest BCUT2D eigenvalue weighted by atomic mass is 10.1. The summed E-state index contributed by atoms with van der Waals surface area (Å²) in [4.78, 5) is 0. The summed E-state index contributed by atoms with van der Waals surface area (Å²) in [5.41, 5.74) is 5.63. The lowest BCUT2D eigenvalue weighted by Gasteiger charge is -2.05. The van der Waals surface area contributed by atoms with Gasteiger partial charge in [-0.05, 0) is 19.3 Å². The second kappa shape index (κ2) is 2.99. The molecule has 0 spiro atoms. The molecule has 0 aliphatic heterocycles. The van der Waals surface area contributed by atoms with E-state index in [9.17, 15) is 0 Å². The van der Waals surface area contributed by atoms with Crippen molar-refractivity contribution < 1.29 is 5.11 Å². The van der Waals surface area contributed by atoms with Crippen molar-refractivity contribution in [3.05, 3.63) is 12.2 Å². The van der Waals surface area contributed by atoms with Crippen LogP contribution in [0.25, 0.3) is 0 Å². The van der Waals surface area contributed by atoms with Gasteiger partial charge in [-0.1, -0.05) is 12.2 Å². The van der Waals surface area contributed by atoms with Gasteiger partial charge in [-0.3, -0.25) is 0 Å². The van der Waals surface area contributed by atoms with Gasteiger partial charge in [0, 0.05) is 6.04 Å². The molecular weight excluding hydrogens is 114 g/mol. The van der Waals surface area contributed by atoms with Crippen LogP contribution in [0.1, 0.15) is 19.3 Å². The minimum absolute atomic E-state index is 0.251. The standard InChI is InChI=1S/C7H13NO/c8-6-2-1-3-7(9)5-4-6/h1,3,6-7,9H,2,4-5,8H2. The van der Waals surface area contributed by atoms with Crippen LogP contribution in [0, 0.1) is 0 Å². The Morgan fingerprint density at radius 2 is 2.22 bits per heavy atom. The van der Waals surface area contributed by atoms with E-state index < -0.39 is 0 Å². The fourth-order valence-electron chi connectivity index (χ4n) is 1.01. The van der Waals surface area contributed by atoms with Crippen LogP contribution in [0.4, 0.5) is 0 Å².